The van der Waals surface area contributed by atoms with Crippen LogP contribution in [0.1, 0.15) is 33.9 Å². The van der Waals surface area contributed by atoms with E-state index in [0.717, 1.165) is 54.2 Å². The predicted octanol–water partition coefficient (Wildman–Crippen LogP) is 3.41. The van der Waals surface area contributed by atoms with E-state index in [-0.39, 0.29) is 5.91 Å². The number of H-pyrrole nitrogens is 1. The maximum atomic E-state index is 13.0. The average molecular weight is 382 g/mol. The van der Waals surface area contributed by atoms with Crippen LogP contribution in [0.15, 0.2) is 30.3 Å². The summed E-state index contributed by atoms with van der Waals surface area (Å²) in [6.45, 7) is 2.98. The molecule has 1 amide bonds. The number of hydrogen-bond acceptors (Lipinski definition) is 5. The van der Waals surface area contributed by atoms with Crippen molar-refractivity contribution in [3.8, 4) is 0 Å². The van der Waals surface area contributed by atoms with Gasteiger partial charge in [-0.25, -0.2) is 4.98 Å². The monoisotopic (exact) mass is 382 g/mol. The largest absolute Gasteiger partial charge is 0.381 e. The highest BCUT2D eigenvalue weighted by molar-refractivity contribution is 7.15. The van der Waals surface area contributed by atoms with Gasteiger partial charge in [-0.3, -0.25) is 4.79 Å². The molecule has 0 saturated carbocycles. The van der Waals surface area contributed by atoms with Crippen LogP contribution in [0.4, 0.5) is 5.13 Å². The number of nitrogens with one attached hydrogen (secondary N) is 2. The molecule has 140 valence electrons. The van der Waals surface area contributed by atoms with Crippen molar-refractivity contribution in [2.75, 3.05) is 25.1 Å². The van der Waals surface area contributed by atoms with Crippen LogP contribution in [0, 0.1) is 0 Å². The topological polar surface area (TPSA) is 70.2 Å². The van der Waals surface area contributed by atoms with Crippen molar-refractivity contribution in [2.45, 2.75) is 31.8 Å². The van der Waals surface area contributed by atoms with Gasteiger partial charge in [0.2, 0.25) is 0 Å². The summed E-state index contributed by atoms with van der Waals surface area (Å²) < 4.78 is 5.42. The van der Waals surface area contributed by atoms with E-state index in [9.17, 15) is 4.79 Å². The molecule has 0 aliphatic carbocycles. The number of amides is 1. The standard InChI is InChI=1S/C20H22N4O2S/c25-19(17-11-13-3-1-2-4-15(13)22-17)24-8-5-16-18(12-24)27-20(23-16)21-14-6-9-26-10-7-14/h1-4,11,14,22H,5-10,12H2,(H,21,23). The first-order chi connectivity index (χ1) is 13.3. The molecule has 5 rings (SSSR count). The van der Waals surface area contributed by atoms with E-state index in [1.54, 1.807) is 11.3 Å². The van der Waals surface area contributed by atoms with E-state index < -0.39 is 0 Å². The minimum absolute atomic E-state index is 0.0594. The Kier molecular flexibility index (Phi) is 4.33. The molecule has 2 aliphatic heterocycles. The summed E-state index contributed by atoms with van der Waals surface area (Å²) in [6, 6.07) is 10.4. The smallest absolute Gasteiger partial charge is 0.270 e. The third-order valence-electron chi connectivity index (χ3n) is 5.33. The molecule has 2 aromatic heterocycles. The van der Waals surface area contributed by atoms with E-state index >= 15 is 0 Å². The molecule has 0 radical (unpaired) electrons. The summed E-state index contributed by atoms with van der Waals surface area (Å²) in [5.74, 6) is 0.0594. The number of aromatic nitrogens is 2. The molecule has 1 fully saturated rings. The van der Waals surface area contributed by atoms with E-state index in [0.29, 0.717) is 24.8 Å². The molecule has 4 heterocycles. The Morgan fingerprint density at radius 2 is 2.15 bits per heavy atom. The highest BCUT2D eigenvalue weighted by Crippen LogP contribution is 2.30. The van der Waals surface area contributed by atoms with Crippen molar-refractivity contribution in [2.24, 2.45) is 0 Å². The van der Waals surface area contributed by atoms with Crippen molar-refractivity contribution >= 4 is 33.3 Å². The number of carbonyl (C=O) groups excluding carboxylic acids is 1. The summed E-state index contributed by atoms with van der Waals surface area (Å²) >= 11 is 1.68. The van der Waals surface area contributed by atoms with Crippen molar-refractivity contribution in [3.63, 3.8) is 0 Å². The number of carbonyl (C=O) groups is 1. The highest BCUT2D eigenvalue weighted by Gasteiger charge is 2.26. The lowest BCUT2D eigenvalue weighted by Gasteiger charge is -2.25. The molecule has 1 aromatic carbocycles. The molecule has 6 nitrogen and oxygen atoms in total. The number of para-hydroxylation sites is 1. The van der Waals surface area contributed by atoms with Crippen LogP contribution in [0.2, 0.25) is 0 Å². The van der Waals surface area contributed by atoms with E-state index in [1.807, 2.05) is 35.2 Å². The molecule has 3 aromatic rings. The maximum absolute atomic E-state index is 13.0. The Balaban J connectivity index is 1.30. The first kappa shape index (κ1) is 16.8. The summed E-state index contributed by atoms with van der Waals surface area (Å²) in [5.41, 5.74) is 2.79. The van der Waals surface area contributed by atoms with Gasteiger partial charge in [-0.1, -0.05) is 29.5 Å². The zero-order valence-corrected chi connectivity index (χ0v) is 15.8. The van der Waals surface area contributed by atoms with Crippen LogP contribution in [-0.2, 0) is 17.7 Å². The molecular weight excluding hydrogens is 360 g/mol. The molecule has 0 atom stereocenters. The van der Waals surface area contributed by atoms with Gasteiger partial charge in [0.1, 0.15) is 5.69 Å². The highest BCUT2D eigenvalue weighted by atomic mass is 32.1. The average Bonchev–Trinajstić information content (AvgIpc) is 3.31. The van der Waals surface area contributed by atoms with Crippen LogP contribution >= 0.6 is 11.3 Å². The zero-order chi connectivity index (χ0) is 18.2. The van der Waals surface area contributed by atoms with Gasteiger partial charge in [0.05, 0.1) is 12.2 Å². The summed E-state index contributed by atoms with van der Waals surface area (Å²) in [4.78, 5) is 24.1. The quantitative estimate of drug-likeness (QED) is 0.728. The second-order valence-electron chi connectivity index (χ2n) is 7.17. The molecule has 27 heavy (non-hydrogen) atoms. The number of hydrogen-bond donors (Lipinski definition) is 2. The third kappa shape index (κ3) is 3.33. The normalized spacial score (nSPS) is 17.9. The van der Waals surface area contributed by atoms with Gasteiger partial charge in [0.15, 0.2) is 5.13 Å². The van der Waals surface area contributed by atoms with Crippen molar-refractivity contribution in [3.05, 3.63) is 46.6 Å². The second-order valence-corrected chi connectivity index (χ2v) is 8.25. The SMILES string of the molecule is O=C(c1cc2ccccc2[nH]1)N1CCc2nc(NC3CCOCC3)sc2C1. The van der Waals surface area contributed by atoms with Crippen LogP contribution in [0.25, 0.3) is 10.9 Å². The van der Waals surface area contributed by atoms with Gasteiger partial charge < -0.3 is 19.9 Å². The van der Waals surface area contributed by atoms with E-state index in [1.165, 1.54) is 4.88 Å². The number of thiazole rings is 1. The maximum Gasteiger partial charge on any atom is 0.270 e. The predicted molar refractivity (Wildman–Crippen MR) is 106 cm³/mol. The number of aromatic amines is 1. The van der Waals surface area contributed by atoms with E-state index in [4.69, 9.17) is 9.72 Å². The van der Waals surface area contributed by atoms with Crippen LogP contribution in [-0.4, -0.2) is 46.6 Å². The lowest BCUT2D eigenvalue weighted by atomic mass is 10.1. The summed E-state index contributed by atoms with van der Waals surface area (Å²) in [6.07, 6.45) is 2.86. The van der Waals surface area contributed by atoms with Gasteiger partial charge >= 0.3 is 0 Å². The molecule has 0 unspecified atom stereocenters. The van der Waals surface area contributed by atoms with Crippen molar-refractivity contribution in [1.82, 2.24) is 14.9 Å². The Labute approximate surface area is 161 Å². The van der Waals surface area contributed by atoms with Crippen LogP contribution in [0.3, 0.4) is 0 Å². The molecule has 1 saturated heterocycles. The zero-order valence-electron chi connectivity index (χ0n) is 15.0. The fraction of sp³-hybridized carbons (Fsp3) is 0.400. The molecule has 0 spiro atoms. The Morgan fingerprint density at radius 3 is 3.00 bits per heavy atom. The molecular formula is C20H22N4O2S. The van der Waals surface area contributed by atoms with E-state index in [2.05, 4.69) is 10.3 Å². The molecule has 2 N–H and O–H groups in total. The van der Waals surface area contributed by atoms with Crippen LogP contribution in [0.5, 0.6) is 0 Å². The fourth-order valence-electron chi connectivity index (χ4n) is 3.81. The Morgan fingerprint density at radius 1 is 1.30 bits per heavy atom. The lowest BCUT2D eigenvalue weighted by Crippen LogP contribution is -2.35. The first-order valence-electron chi connectivity index (χ1n) is 9.46. The number of fused-ring (bicyclic) bond motifs is 2. The van der Waals surface area contributed by atoms with Crippen LogP contribution < -0.4 is 5.32 Å². The molecule has 2 aliphatic rings. The molecule has 7 heteroatoms. The van der Waals surface area contributed by atoms with Gasteiger partial charge in [-0.15, -0.1) is 0 Å². The number of nitrogens with zero attached hydrogens (tertiary/aromatic N) is 2. The fourth-order valence-corrected chi connectivity index (χ4v) is 4.91. The van der Waals surface area contributed by atoms with Crippen molar-refractivity contribution < 1.29 is 9.53 Å². The third-order valence-corrected chi connectivity index (χ3v) is 6.34. The number of ether oxygens (including phenoxy) is 1. The first-order valence-corrected chi connectivity index (χ1v) is 10.3. The molecule has 0 bridgehead atoms. The Hall–Kier alpha value is -2.38. The number of benzene rings is 1. The second kappa shape index (κ2) is 6.98. The van der Waals surface area contributed by atoms with Gasteiger partial charge in [-0.05, 0) is 25.0 Å². The summed E-state index contributed by atoms with van der Waals surface area (Å²) in [7, 11) is 0. The number of rotatable bonds is 3. The minimum Gasteiger partial charge on any atom is -0.381 e. The van der Waals surface area contributed by atoms with Gasteiger partial charge in [-0.2, -0.15) is 0 Å². The number of anilines is 1. The van der Waals surface area contributed by atoms with Gasteiger partial charge in [0.25, 0.3) is 5.91 Å². The summed E-state index contributed by atoms with van der Waals surface area (Å²) in [5, 5.41) is 5.60. The minimum atomic E-state index is 0.0594. The Bertz CT molecular complexity index is 940. The lowest BCUT2D eigenvalue weighted by molar-refractivity contribution is 0.0731. The van der Waals surface area contributed by atoms with Gasteiger partial charge in [0, 0.05) is 48.0 Å². The van der Waals surface area contributed by atoms with Crippen molar-refractivity contribution in [1.29, 1.82) is 0 Å².